The monoisotopic (exact) mass is 277 g/mol. The summed E-state index contributed by atoms with van der Waals surface area (Å²) in [5.41, 5.74) is 3.36. The molecule has 0 amide bonds. The average molecular weight is 277 g/mol. The molecule has 0 aromatic carbocycles. The van der Waals surface area contributed by atoms with E-state index < -0.39 is 0 Å². The molecule has 0 fully saturated rings. The number of nitrogens with zero attached hydrogens (tertiary/aromatic N) is 4. The Morgan fingerprint density at radius 3 is 2.85 bits per heavy atom. The number of aryl methyl sites for hydroxylation is 1. The molecule has 1 atom stereocenters. The van der Waals surface area contributed by atoms with Crippen LogP contribution in [0, 0.1) is 13.8 Å². The molecule has 0 bridgehead atoms. The van der Waals surface area contributed by atoms with Gasteiger partial charge in [-0.25, -0.2) is 0 Å². The molecule has 0 spiro atoms. The van der Waals surface area contributed by atoms with Gasteiger partial charge in [-0.1, -0.05) is 0 Å². The third-order valence-corrected chi connectivity index (χ3v) is 3.49. The SMILES string of the molecule is Cc1nn(CCO)c(C)c1CN[C@@H](C)Cn1cccn1. The fraction of sp³-hybridized carbons (Fsp3) is 0.571. The van der Waals surface area contributed by atoms with E-state index in [4.69, 9.17) is 5.11 Å². The number of nitrogens with one attached hydrogen (secondary N) is 1. The molecule has 20 heavy (non-hydrogen) atoms. The fourth-order valence-electron chi connectivity index (χ4n) is 2.33. The van der Waals surface area contributed by atoms with Crippen molar-refractivity contribution in [2.75, 3.05) is 6.61 Å². The number of aromatic nitrogens is 4. The van der Waals surface area contributed by atoms with Crippen molar-refractivity contribution in [2.45, 2.75) is 46.4 Å². The van der Waals surface area contributed by atoms with Crippen LogP contribution in [0.25, 0.3) is 0 Å². The van der Waals surface area contributed by atoms with Gasteiger partial charge in [0.25, 0.3) is 0 Å². The third kappa shape index (κ3) is 3.46. The maximum Gasteiger partial charge on any atom is 0.0644 e. The maximum atomic E-state index is 9.02. The van der Waals surface area contributed by atoms with Gasteiger partial charge in [-0.05, 0) is 26.8 Å². The van der Waals surface area contributed by atoms with Gasteiger partial charge in [-0.15, -0.1) is 0 Å². The zero-order valence-electron chi connectivity index (χ0n) is 12.4. The molecule has 0 radical (unpaired) electrons. The molecule has 6 nitrogen and oxygen atoms in total. The Morgan fingerprint density at radius 2 is 2.20 bits per heavy atom. The molecule has 2 aromatic rings. The summed E-state index contributed by atoms with van der Waals surface area (Å²) in [4.78, 5) is 0. The Labute approximate surface area is 119 Å². The second-order valence-corrected chi connectivity index (χ2v) is 5.11. The molecular formula is C14H23N5O. The van der Waals surface area contributed by atoms with Crippen molar-refractivity contribution in [1.29, 1.82) is 0 Å². The molecule has 0 aliphatic rings. The minimum absolute atomic E-state index is 0.116. The van der Waals surface area contributed by atoms with Gasteiger partial charge in [0.1, 0.15) is 0 Å². The fourth-order valence-corrected chi connectivity index (χ4v) is 2.33. The number of rotatable bonds is 7. The van der Waals surface area contributed by atoms with E-state index in [9.17, 15) is 0 Å². The Morgan fingerprint density at radius 1 is 1.40 bits per heavy atom. The second kappa shape index (κ2) is 6.67. The van der Waals surface area contributed by atoms with Crippen LogP contribution in [-0.2, 0) is 19.6 Å². The highest BCUT2D eigenvalue weighted by Gasteiger charge is 2.12. The first-order valence-electron chi connectivity index (χ1n) is 6.96. The van der Waals surface area contributed by atoms with Gasteiger partial charge in [0.15, 0.2) is 0 Å². The van der Waals surface area contributed by atoms with Gasteiger partial charge >= 0.3 is 0 Å². The van der Waals surface area contributed by atoms with Crippen molar-refractivity contribution in [3.63, 3.8) is 0 Å². The van der Waals surface area contributed by atoms with Crippen LogP contribution in [0.1, 0.15) is 23.9 Å². The number of hydrogen-bond donors (Lipinski definition) is 2. The first-order valence-corrected chi connectivity index (χ1v) is 6.96. The molecule has 0 aliphatic carbocycles. The third-order valence-electron chi connectivity index (χ3n) is 3.49. The molecule has 110 valence electrons. The van der Waals surface area contributed by atoms with Crippen LogP contribution in [0.5, 0.6) is 0 Å². The van der Waals surface area contributed by atoms with E-state index in [0.29, 0.717) is 12.6 Å². The van der Waals surface area contributed by atoms with Gasteiger partial charge < -0.3 is 10.4 Å². The molecule has 2 rings (SSSR count). The zero-order chi connectivity index (χ0) is 14.5. The Hall–Kier alpha value is -1.66. The quantitative estimate of drug-likeness (QED) is 0.788. The molecule has 0 saturated heterocycles. The van der Waals surface area contributed by atoms with Crippen molar-refractivity contribution < 1.29 is 5.11 Å². The molecule has 0 unspecified atom stereocenters. The largest absolute Gasteiger partial charge is 0.394 e. The summed E-state index contributed by atoms with van der Waals surface area (Å²) in [6.07, 6.45) is 3.76. The van der Waals surface area contributed by atoms with Crippen LogP contribution in [0.2, 0.25) is 0 Å². The zero-order valence-corrected chi connectivity index (χ0v) is 12.4. The molecule has 2 heterocycles. The molecule has 2 aromatic heterocycles. The summed E-state index contributed by atoms with van der Waals surface area (Å²) in [6.45, 7) is 8.49. The van der Waals surface area contributed by atoms with Crippen molar-refractivity contribution in [2.24, 2.45) is 0 Å². The highest BCUT2D eigenvalue weighted by Crippen LogP contribution is 2.12. The molecule has 2 N–H and O–H groups in total. The number of aliphatic hydroxyl groups is 1. The smallest absolute Gasteiger partial charge is 0.0644 e. The van der Waals surface area contributed by atoms with Gasteiger partial charge in [0, 0.05) is 36.2 Å². The van der Waals surface area contributed by atoms with E-state index in [1.165, 1.54) is 5.56 Å². The predicted octanol–water partition coefficient (Wildman–Crippen LogP) is 0.867. The normalized spacial score (nSPS) is 12.8. The van der Waals surface area contributed by atoms with Crippen LogP contribution in [0.15, 0.2) is 18.5 Å². The summed E-state index contributed by atoms with van der Waals surface area (Å²) >= 11 is 0. The lowest BCUT2D eigenvalue weighted by Gasteiger charge is -2.14. The van der Waals surface area contributed by atoms with E-state index >= 15 is 0 Å². The van der Waals surface area contributed by atoms with E-state index in [2.05, 4.69) is 22.4 Å². The van der Waals surface area contributed by atoms with Crippen molar-refractivity contribution in [1.82, 2.24) is 24.9 Å². The first kappa shape index (κ1) is 14.7. The number of aliphatic hydroxyl groups excluding tert-OH is 1. The predicted molar refractivity (Wildman–Crippen MR) is 77.3 cm³/mol. The minimum atomic E-state index is 0.116. The van der Waals surface area contributed by atoms with Crippen LogP contribution >= 0.6 is 0 Å². The summed E-state index contributed by atoms with van der Waals surface area (Å²) in [6, 6.07) is 2.26. The van der Waals surface area contributed by atoms with Crippen LogP contribution < -0.4 is 5.32 Å². The maximum absolute atomic E-state index is 9.02. The van der Waals surface area contributed by atoms with E-state index in [-0.39, 0.29) is 6.61 Å². The number of hydrogen-bond acceptors (Lipinski definition) is 4. The molecule has 6 heteroatoms. The summed E-state index contributed by atoms with van der Waals surface area (Å²) < 4.78 is 3.79. The summed E-state index contributed by atoms with van der Waals surface area (Å²) in [5.74, 6) is 0. The minimum Gasteiger partial charge on any atom is -0.394 e. The van der Waals surface area contributed by atoms with Crippen LogP contribution in [0.3, 0.4) is 0 Å². The topological polar surface area (TPSA) is 67.9 Å². The van der Waals surface area contributed by atoms with Crippen LogP contribution in [0.4, 0.5) is 0 Å². The van der Waals surface area contributed by atoms with Gasteiger partial charge in [0.05, 0.1) is 25.4 Å². The van der Waals surface area contributed by atoms with Crippen molar-refractivity contribution in [3.05, 3.63) is 35.4 Å². The van der Waals surface area contributed by atoms with Gasteiger partial charge in [0.2, 0.25) is 0 Å². The average Bonchev–Trinajstić information content (AvgIpc) is 2.99. The molecule has 0 aliphatic heterocycles. The highest BCUT2D eigenvalue weighted by atomic mass is 16.3. The lowest BCUT2D eigenvalue weighted by molar-refractivity contribution is 0.267. The highest BCUT2D eigenvalue weighted by molar-refractivity contribution is 5.24. The lowest BCUT2D eigenvalue weighted by atomic mass is 10.2. The second-order valence-electron chi connectivity index (χ2n) is 5.11. The lowest BCUT2D eigenvalue weighted by Crippen LogP contribution is -2.30. The Bertz CT molecular complexity index is 532. The first-order chi connectivity index (χ1) is 9.61. The summed E-state index contributed by atoms with van der Waals surface area (Å²) in [5, 5.41) is 21.2. The van der Waals surface area contributed by atoms with E-state index in [1.54, 1.807) is 6.20 Å². The standard InChI is InChI=1S/C14H23N5O/c1-11(10-18-6-4-5-16-18)15-9-14-12(2)17-19(7-8-20)13(14)3/h4-6,11,15,20H,7-10H2,1-3H3/t11-/m0/s1. The van der Waals surface area contributed by atoms with E-state index in [1.807, 2.05) is 35.5 Å². The van der Waals surface area contributed by atoms with Gasteiger partial charge in [-0.3, -0.25) is 9.36 Å². The summed E-state index contributed by atoms with van der Waals surface area (Å²) in [7, 11) is 0. The van der Waals surface area contributed by atoms with Gasteiger partial charge in [-0.2, -0.15) is 10.2 Å². The van der Waals surface area contributed by atoms with Crippen molar-refractivity contribution >= 4 is 0 Å². The van der Waals surface area contributed by atoms with E-state index in [0.717, 1.165) is 24.5 Å². The van der Waals surface area contributed by atoms with Crippen LogP contribution in [-0.4, -0.2) is 37.3 Å². The molecular weight excluding hydrogens is 254 g/mol. The van der Waals surface area contributed by atoms with Crippen molar-refractivity contribution in [3.8, 4) is 0 Å². The Kier molecular flexibility index (Phi) is 4.92. The Balaban J connectivity index is 1.93. The molecule has 0 saturated carbocycles.